The highest BCUT2D eigenvalue weighted by atomic mass is 14.9. The minimum absolute atomic E-state index is 0.0407. The summed E-state index contributed by atoms with van der Waals surface area (Å²) in [6.07, 6.45) is 4.48. The van der Waals surface area contributed by atoms with Crippen LogP contribution in [0.15, 0.2) is 41.9 Å². The van der Waals surface area contributed by atoms with Crippen molar-refractivity contribution in [1.29, 1.82) is 0 Å². The topological polar surface area (TPSA) is 28.1 Å². The molecule has 2 heteroatoms. The molecule has 23 heavy (non-hydrogen) atoms. The average molecular weight is 306 g/mol. The molecule has 1 fully saturated rings. The molecule has 0 saturated heterocycles. The van der Waals surface area contributed by atoms with E-state index in [0.717, 1.165) is 6.42 Å². The molecule has 1 aromatic heterocycles. The normalized spacial score (nSPS) is 34.8. The molecule has 4 atom stereocenters. The largest absolute Gasteiger partial charge is 0.358 e. The number of aromatic nitrogens is 1. The Balaban J connectivity index is 1.99. The Morgan fingerprint density at radius 2 is 2.00 bits per heavy atom. The molecule has 120 valence electrons. The van der Waals surface area contributed by atoms with Gasteiger partial charge < -0.3 is 4.98 Å². The lowest BCUT2D eigenvalue weighted by molar-refractivity contribution is 0.126. The minimum Gasteiger partial charge on any atom is -0.358 e. The van der Waals surface area contributed by atoms with Crippen molar-refractivity contribution in [2.45, 2.75) is 51.0 Å². The van der Waals surface area contributed by atoms with Crippen molar-refractivity contribution in [3.63, 3.8) is 0 Å². The van der Waals surface area contributed by atoms with Crippen LogP contribution in [0.5, 0.6) is 0 Å². The van der Waals surface area contributed by atoms with Crippen molar-refractivity contribution < 1.29 is 0 Å². The fraction of sp³-hybridized carbons (Fsp3) is 0.476. The van der Waals surface area contributed by atoms with Gasteiger partial charge in [-0.05, 0) is 37.1 Å². The van der Waals surface area contributed by atoms with Crippen molar-refractivity contribution in [1.82, 2.24) is 4.98 Å². The summed E-state index contributed by atoms with van der Waals surface area (Å²) < 4.78 is 0. The molecule has 0 spiro atoms. The van der Waals surface area contributed by atoms with E-state index in [2.05, 4.69) is 74.4 Å². The Morgan fingerprint density at radius 3 is 2.70 bits per heavy atom. The van der Waals surface area contributed by atoms with Crippen LogP contribution < -0.4 is 0 Å². The summed E-state index contributed by atoms with van der Waals surface area (Å²) in [5.41, 5.74) is 4.35. The number of fused-ring (bicyclic) bond motifs is 5. The van der Waals surface area contributed by atoms with Gasteiger partial charge >= 0.3 is 0 Å². The number of nitrogens with zero attached hydrogens (tertiary/aromatic N) is 1. The monoisotopic (exact) mass is 306 g/mol. The Kier molecular flexibility index (Phi) is 2.94. The first-order valence-corrected chi connectivity index (χ1v) is 8.64. The highest BCUT2D eigenvalue weighted by molar-refractivity contribution is 5.87. The third-order valence-electron chi connectivity index (χ3n) is 6.76. The van der Waals surface area contributed by atoms with Crippen LogP contribution in [0, 0.1) is 11.3 Å². The lowest BCUT2D eigenvalue weighted by Crippen LogP contribution is -2.44. The molecule has 2 nitrogen and oxygen atoms in total. The number of hydrogen-bond donors (Lipinski definition) is 1. The number of aromatic amines is 1. The summed E-state index contributed by atoms with van der Waals surface area (Å²) in [6.45, 7) is 15.2. The predicted octanol–water partition coefficient (Wildman–Crippen LogP) is 5.21. The summed E-state index contributed by atoms with van der Waals surface area (Å²) in [6, 6.07) is 8.89. The lowest BCUT2D eigenvalue weighted by atomic mass is 9.59. The molecule has 4 rings (SSSR count). The smallest absolute Gasteiger partial charge is 0.0652 e. The standard InChI is InChI=1S/C21H26N2/c1-6-21(4)12-11-14-17(19(21)22-5)16-13-9-7-8-10-15(13)23-18(16)20(14,2)3/h6-10,14,17,19,23H,1,5,11-12H2,2-4H3. The van der Waals surface area contributed by atoms with Crippen molar-refractivity contribution in [3.05, 3.63) is 48.2 Å². The van der Waals surface area contributed by atoms with E-state index >= 15 is 0 Å². The first-order valence-electron chi connectivity index (χ1n) is 8.64. The highest BCUT2D eigenvalue weighted by Crippen LogP contribution is 2.62. The summed E-state index contributed by atoms with van der Waals surface area (Å²) in [4.78, 5) is 8.35. The second-order valence-corrected chi connectivity index (χ2v) is 8.19. The fourth-order valence-electron chi connectivity index (χ4n) is 5.34. The first-order chi connectivity index (χ1) is 10.9. The number of rotatable bonds is 2. The van der Waals surface area contributed by atoms with Crippen molar-refractivity contribution in [2.75, 3.05) is 0 Å². The van der Waals surface area contributed by atoms with Gasteiger partial charge in [0.2, 0.25) is 0 Å². The van der Waals surface area contributed by atoms with E-state index in [1.54, 1.807) is 0 Å². The lowest BCUT2D eigenvalue weighted by Gasteiger charge is -2.47. The van der Waals surface area contributed by atoms with E-state index in [0.29, 0.717) is 11.8 Å². The summed E-state index contributed by atoms with van der Waals surface area (Å²) in [7, 11) is 0. The molecule has 1 aromatic carbocycles. The van der Waals surface area contributed by atoms with Crippen LogP contribution in [-0.4, -0.2) is 17.7 Å². The van der Waals surface area contributed by atoms with Crippen LogP contribution in [0.4, 0.5) is 0 Å². The quantitative estimate of drug-likeness (QED) is 0.582. The second-order valence-electron chi connectivity index (χ2n) is 8.19. The number of para-hydroxylation sites is 1. The molecular weight excluding hydrogens is 280 g/mol. The molecular formula is C21H26N2. The number of nitrogens with one attached hydrogen (secondary N) is 1. The number of benzene rings is 1. The molecule has 1 N–H and O–H groups in total. The zero-order valence-corrected chi connectivity index (χ0v) is 14.4. The second kappa shape index (κ2) is 4.59. The number of hydrogen-bond acceptors (Lipinski definition) is 1. The van der Waals surface area contributed by atoms with E-state index in [1.165, 1.54) is 28.6 Å². The average Bonchev–Trinajstić information content (AvgIpc) is 3.02. The van der Waals surface area contributed by atoms with Crippen LogP contribution in [0.25, 0.3) is 10.9 Å². The third-order valence-corrected chi connectivity index (χ3v) is 6.76. The SMILES string of the molecule is C=CC1(C)CCC2C(c3c([nH]c4ccccc34)C2(C)C)C1N=C. The van der Waals surface area contributed by atoms with Crippen LogP contribution >= 0.6 is 0 Å². The molecule has 4 unspecified atom stereocenters. The molecule has 0 radical (unpaired) electrons. The van der Waals surface area contributed by atoms with Crippen molar-refractivity contribution in [3.8, 4) is 0 Å². The Morgan fingerprint density at radius 1 is 1.26 bits per heavy atom. The van der Waals surface area contributed by atoms with Gasteiger partial charge in [0, 0.05) is 33.3 Å². The molecule has 2 aliphatic rings. The summed E-state index contributed by atoms with van der Waals surface area (Å²) >= 11 is 0. The third kappa shape index (κ3) is 1.72. The molecule has 1 saturated carbocycles. The van der Waals surface area contributed by atoms with Crippen LogP contribution in [0.1, 0.15) is 50.8 Å². The maximum atomic E-state index is 4.63. The molecule has 2 aromatic rings. The summed E-state index contributed by atoms with van der Waals surface area (Å²) in [5, 5.41) is 1.37. The van der Waals surface area contributed by atoms with Crippen LogP contribution in [-0.2, 0) is 5.41 Å². The number of H-pyrrole nitrogens is 1. The number of aliphatic imine (C=N–C) groups is 1. The van der Waals surface area contributed by atoms with Gasteiger partial charge in [0.15, 0.2) is 0 Å². The predicted molar refractivity (Wildman–Crippen MR) is 98.4 cm³/mol. The fourth-order valence-corrected chi connectivity index (χ4v) is 5.34. The van der Waals surface area contributed by atoms with E-state index in [4.69, 9.17) is 0 Å². The highest BCUT2D eigenvalue weighted by Gasteiger charge is 2.56. The summed E-state index contributed by atoms with van der Waals surface area (Å²) in [5.74, 6) is 1.06. The molecule has 0 aliphatic heterocycles. The van der Waals surface area contributed by atoms with Gasteiger partial charge in [0.1, 0.15) is 0 Å². The van der Waals surface area contributed by atoms with E-state index < -0.39 is 0 Å². The van der Waals surface area contributed by atoms with Gasteiger partial charge in [0.25, 0.3) is 0 Å². The zero-order valence-electron chi connectivity index (χ0n) is 14.4. The van der Waals surface area contributed by atoms with Gasteiger partial charge in [-0.2, -0.15) is 0 Å². The zero-order chi connectivity index (χ0) is 16.4. The van der Waals surface area contributed by atoms with Gasteiger partial charge in [-0.3, -0.25) is 4.99 Å². The Labute approximate surface area is 138 Å². The maximum absolute atomic E-state index is 4.63. The Hall–Kier alpha value is -1.83. The van der Waals surface area contributed by atoms with Crippen molar-refractivity contribution in [2.24, 2.45) is 16.3 Å². The van der Waals surface area contributed by atoms with Gasteiger partial charge in [0.05, 0.1) is 6.04 Å². The van der Waals surface area contributed by atoms with E-state index in [9.17, 15) is 0 Å². The van der Waals surface area contributed by atoms with Gasteiger partial charge in [-0.15, -0.1) is 6.58 Å². The van der Waals surface area contributed by atoms with E-state index in [1.807, 2.05) is 0 Å². The first kappa shape index (κ1) is 14.7. The maximum Gasteiger partial charge on any atom is 0.0652 e. The molecule has 1 heterocycles. The molecule has 0 amide bonds. The molecule has 2 aliphatic carbocycles. The van der Waals surface area contributed by atoms with Gasteiger partial charge in [-0.25, -0.2) is 0 Å². The Bertz CT molecular complexity index is 797. The van der Waals surface area contributed by atoms with Gasteiger partial charge in [-0.1, -0.05) is 45.0 Å². The molecule has 0 bridgehead atoms. The minimum atomic E-state index is 0.0407. The van der Waals surface area contributed by atoms with Crippen molar-refractivity contribution >= 4 is 17.6 Å². The van der Waals surface area contributed by atoms with E-state index in [-0.39, 0.29) is 16.9 Å². The van der Waals surface area contributed by atoms with Crippen LogP contribution in [0.2, 0.25) is 0 Å². The van der Waals surface area contributed by atoms with Crippen LogP contribution in [0.3, 0.4) is 0 Å².